The molecule has 0 saturated carbocycles. The van der Waals surface area contributed by atoms with Gasteiger partial charge in [-0.25, -0.2) is 4.79 Å². The van der Waals surface area contributed by atoms with Crippen molar-refractivity contribution in [1.82, 2.24) is 0 Å². The summed E-state index contributed by atoms with van der Waals surface area (Å²) in [5.41, 5.74) is 2.82. The third kappa shape index (κ3) is 4.30. The number of rotatable bonds is 6. The number of carbonyl (C=O) groups excluding carboxylic acids is 1. The molecule has 0 aliphatic carbocycles. The van der Waals surface area contributed by atoms with Crippen LogP contribution in [0.5, 0.6) is 5.75 Å². The summed E-state index contributed by atoms with van der Waals surface area (Å²) in [4.78, 5) is 12.8. The Morgan fingerprint density at radius 3 is 2.53 bits per heavy atom. The zero-order valence-electron chi connectivity index (χ0n) is 16.2. The van der Waals surface area contributed by atoms with E-state index < -0.39 is 5.97 Å². The van der Waals surface area contributed by atoms with Gasteiger partial charge in [-0.1, -0.05) is 58.4 Å². The first kappa shape index (κ1) is 20.7. The van der Waals surface area contributed by atoms with Crippen molar-refractivity contribution in [1.29, 1.82) is 0 Å². The predicted molar refractivity (Wildman–Crippen MR) is 124 cm³/mol. The van der Waals surface area contributed by atoms with Crippen molar-refractivity contribution in [2.45, 2.75) is 13.5 Å². The molecule has 3 aromatic carbocycles. The molecule has 0 aliphatic heterocycles. The molecule has 4 nitrogen and oxygen atoms in total. The lowest BCUT2D eigenvalue weighted by Gasteiger charge is -2.09. The molecule has 0 unspecified atom stereocenters. The molecule has 4 rings (SSSR count). The molecule has 0 aliphatic rings. The van der Waals surface area contributed by atoms with Gasteiger partial charge in [-0.05, 0) is 52.7 Å². The van der Waals surface area contributed by atoms with Crippen LogP contribution < -0.4 is 4.74 Å². The van der Waals surface area contributed by atoms with Gasteiger partial charge in [0.05, 0.1) is 11.1 Å². The number of ether oxygens (including phenoxy) is 2. The molecule has 6 heteroatoms. The maximum Gasteiger partial charge on any atom is 0.342 e. The van der Waals surface area contributed by atoms with E-state index in [-0.39, 0.29) is 6.61 Å². The summed E-state index contributed by atoms with van der Waals surface area (Å²) in [5.74, 6) is 0.684. The number of carbonyl (C=O) groups is 1. The van der Waals surface area contributed by atoms with Gasteiger partial charge < -0.3 is 13.9 Å². The minimum atomic E-state index is -0.421. The first-order chi connectivity index (χ1) is 14.6. The first-order valence-corrected chi connectivity index (χ1v) is 11.0. The Labute approximate surface area is 191 Å². The molecular weight excluding hydrogens is 512 g/mol. The second kappa shape index (κ2) is 9.06. The Morgan fingerprint density at radius 2 is 1.80 bits per heavy atom. The molecule has 1 aromatic heterocycles. The van der Waals surface area contributed by atoms with Crippen molar-refractivity contribution in [3.63, 3.8) is 0 Å². The summed E-state index contributed by atoms with van der Waals surface area (Å²) in [6.45, 7) is 2.45. The molecule has 0 spiro atoms. The lowest BCUT2D eigenvalue weighted by molar-refractivity contribution is 0.0529. The quantitative estimate of drug-likeness (QED) is 0.244. The molecule has 30 heavy (non-hydrogen) atoms. The highest BCUT2D eigenvalue weighted by atomic mass is 79.9. The normalized spacial score (nSPS) is 10.9. The number of fused-ring (bicyclic) bond motifs is 1. The average molecular weight is 530 g/mol. The second-order valence-electron chi connectivity index (χ2n) is 6.59. The van der Waals surface area contributed by atoms with Gasteiger partial charge in [-0.3, -0.25) is 0 Å². The van der Waals surface area contributed by atoms with Gasteiger partial charge in [0.1, 0.15) is 29.3 Å². The van der Waals surface area contributed by atoms with Crippen LogP contribution in [-0.2, 0) is 11.3 Å². The number of halogens is 2. The van der Waals surface area contributed by atoms with Gasteiger partial charge >= 0.3 is 5.97 Å². The first-order valence-electron chi connectivity index (χ1n) is 9.42. The van der Waals surface area contributed by atoms with Crippen molar-refractivity contribution < 1.29 is 18.7 Å². The third-order valence-corrected chi connectivity index (χ3v) is 5.65. The van der Waals surface area contributed by atoms with E-state index in [0.717, 1.165) is 20.1 Å². The van der Waals surface area contributed by atoms with Gasteiger partial charge in [-0.15, -0.1) is 0 Å². The van der Waals surface area contributed by atoms with Crippen LogP contribution in [0.2, 0.25) is 0 Å². The molecule has 1 heterocycles. The minimum absolute atomic E-state index is 0.280. The molecule has 152 valence electrons. The molecule has 0 radical (unpaired) electrons. The zero-order valence-corrected chi connectivity index (χ0v) is 19.3. The summed E-state index contributed by atoms with van der Waals surface area (Å²) in [6, 6.07) is 21.1. The molecule has 0 atom stereocenters. The standard InChI is InChI=1S/C24H18Br2O4/c1-2-28-24(27)22-18-12-21(29-14-15-7-6-10-17(25)11-15)19(26)13-20(18)30-23(22)16-8-4-3-5-9-16/h3-13H,2,14H2,1H3. The van der Waals surface area contributed by atoms with Crippen LogP contribution >= 0.6 is 31.9 Å². The number of benzene rings is 3. The summed E-state index contributed by atoms with van der Waals surface area (Å²) in [7, 11) is 0. The molecule has 0 bridgehead atoms. The van der Waals surface area contributed by atoms with Crippen LogP contribution in [0.3, 0.4) is 0 Å². The van der Waals surface area contributed by atoms with E-state index in [9.17, 15) is 4.79 Å². The van der Waals surface area contributed by atoms with Crippen LogP contribution in [0, 0.1) is 0 Å². The molecule has 0 N–H and O–H groups in total. The van der Waals surface area contributed by atoms with E-state index in [0.29, 0.717) is 34.6 Å². The van der Waals surface area contributed by atoms with E-state index in [1.54, 1.807) is 6.92 Å². The highest BCUT2D eigenvalue weighted by Gasteiger charge is 2.24. The van der Waals surface area contributed by atoms with Crippen LogP contribution in [0.4, 0.5) is 0 Å². The number of hydrogen-bond donors (Lipinski definition) is 0. The van der Waals surface area contributed by atoms with Gasteiger partial charge in [0.2, 0.25) is 0 Å². The Morgan fingerprint density at radius 1 is 1.00 bits per heavy atom. The fourth-order valence-electron chi connectivity index (χ4n) is 3.20. The fourth-order valence-corrected chi connectivity index (χ4v) is 4.08. The maximum absolute atomic E-state index is 12.8. The van der Waals surface area contributed by atoms with Crippen molar-refractivity contribution >= 4 is 48.8 Å². The van der Waals surface area contributed by atoms with E-state index in [4.69, 9.17) is 13.9 Å². The SMILES string of the molecule is CCOC(=O)c1c(-c2ccccc2)oc2cc(Br)c(OCc3cccc(Br)c3)cc12. The van der Waals surface area contributed by atoms with Gasteiger partial charge in [0.25, 0.3) is 0 Å². The van der Waals surface area contributed by atoms with Gasteiger partial charge in [-0.2, -0.15) is 0 Å². The van der Waals surface area contributed by atoms with Crippen molar-refractivity contribution in [2.75, 3.05) is 6.61 Å². The molecule has 0 fully saturated rings. The summed E-state index contributed by atoms with van der Waals surface area (Å²) < 4.78 is 19.2. The lowest BCUT2D eigenvalue weighted by atomic mass is 10.1. The van der Waals surface area contributed by atoms with Crippen molar-refractivity contribution in [3.05, 3.63) is 86.8 Å². The van der Waals surface area contributed by atoms with Crippen LogP contribution in [0.15, 0.2) is 80.1 Å². The Balaban J connectivity index is 1.78. The van der Waals surface area contributed by atoms with Crippen LogP contribution in [-0.4, -0.2) is 12.6 Å². The lowest BCUT2D eigenvalue weighted by Crippen LogP contribution is -2.05. The second-order valence-corrected chi connectivity index (χ2v) is 8.36. The summed E-state index contributed by atoms with van der Waals surface area (Å²) in [6.07, 6.45) is 0. The third-order valence-electron chi connectivity index (χ3n) is 4.54. The smallest absolute Gasteiger partial charge is 0.342 e. The molecule has 0 amide bonds. The Kier molecular flexibility index (Phi) is 6.25. The fraction of sp³-hybridized carbons (Fsp3) is 0.125. The zero-order chi connectivity index (χ0) is 21.1. The average Bonchev–Trinajstić information content (AvgIpc) is 3.11. The summed E-state index contributed by atoms with van der Waals surface area (Å²) >= 11 is 7.02. The van der Waals surface area contributed by atoms with Crippen molar-refractivity contribution in [2.24, 2.45) is 0 Å². The predicted octanol–water partition coefficient (Wildman–Crippen LogP) is 7.38. The number of esters is 1. The van der Waals surface area contributed by atoms with Crippen LogP contribution in [0.1, 0.15) is 22.8 Å². The van der Waals surface area contributed by atoms with E-state index in [1.165, 1.54) is 0 Å². The number of furan rings is 1. The summed E-state index contributed by atoms with van der Waals surface area (Å²) in [5, 5.41) is 0.653. The highest BCUT2D eigenvalue weighted by molar-refractivity contribution is 9.10. The van der Waals surface area contributed by atoms with E-state index in [1.807, 2.05) is 66.7 Å². The van der Waals surface area contributed by atoms with Gasteiger partial charge in [0.15, 0.2) is 0 Å². The Hall–Kier alpha value is -2.57. The molecule has 0 saturated heterocycles. The molecular formula is C24H18Br2O4. The largest absolute Gasteiger partial charge is 0.488 e. The monoisotopic (exact) mass is 528 g/mol. The van der Waals surface area contributed by atoms with Gasteiger partial charge in [0, 0.05) is 15.4 Å². The van der Waals surface area contributed by atoms with Crippen LogP contribution in [0.25, 0.3) is 22.3 Å². The maximum atomic E-state index is 12.8. The Bertz CT molecular complexity index is 1200. The van der Waals surface area contributed by atoms with E-state index in [2.05, 4.69) is 31.9 Å². The van der Waals surface area contributed by atoms with Crippen molar-refractivity contribution in [3.8, 4) is 17.1 Å². The number of hydrogen-bond acceptors (Lipinski definition) is 4. The minimum Gasteiger partial charge on any atom is -0.488 e. The molecule has 4 aromatic rings. The highest BCUT2D eigenvalue weighted by Crippen LogP contribution is 2.39. The topological polar surface area (TPSA) is 48.7 Å². The van der Waals surface area contributed by atoms with E-state index >= 15 is 0 Å².